The molecule has 2 fully saturated rings. The van der Waals surface area contributed by atoms with Crippen LogP contribution in [0.1, 0.15) is 41.0 Å². The standard InChI is InChI=1S/C20H39N5O3.HI/c1-6-21-18(22-9-11-23(7-2)19(26)28-20(3,4)5)25-10-8-17(16-25)24-12-14-27-15-13-24;/h17H,6-16H2,1-5H3,(H,21,22);1H. The molecular weight excluding hydrogens is 485 g/mol. The van der Waals surface area contributed by atoms with Crippen molar-refractivity contribution in [2.24, 2.45) is 4.99 Å². The quantitative estimate of drug-likeness (QED) is 0.326. The van der Waals surface area contributed by atoms with Gasteiger partial charge in [-0.15, -0.1) is 24.0 Å². The van der Waals surface area contributed by atoms with Gasteiger partial charge in [-0.25, -0.2) is 4.79 Å². The first-order chi connectivity index (χ1) is 13.3. The second kappa shape index (κ2) is 12.8. The monoisotopic (exact) mass is 525 g/mol. The number of rotatable bonds is 6. The molecule has 2 aliphatic rings. The number of carbonyl (C=O) groups excluding carboxylic acids is 1. The molecule has 170 valence electrons. The van der Waals surface area contributed by atoms with E-state index in [1.54, 1.807) is 4.90 Å². The number of nitrogens with one attached hydrogen (secondary N) is 1. The van der Waals surface area contributed by atoms with E-state index in [9.17, 15) is 4.79 Å². The van der Waals surface area contributed by atoms with Crippen LogP contribution in [0.4, 0.5) is 4.79 Å². The predicted octanol–water partition coefficient (Wildman–Crippen LogP) is 2.23. The van der Waals surface area contributed by atoms with Gasteiger partial charge in [-0.3, -0.25) is 9.89 Å². The van der Waals surface area contributed by atoms with E-state index in [0.29, 0.717) is 25.7 Å². The number of likely N-dealkylation sites (N-methyl/N-ethyl adjacent to an activating group) is 1. The van der Waals surface area contributed by atoms with Crippen LogP contribution in [0.2, 0.25) is 0 Å². The van der Waals surface area contributed by atoms with Crippen LogP contribution in [-0.4, -0.2) is 104 Å². The highest BCUT2D eigenvalue weighted by atomic mass is 127. The van der Waals surface area contributed by atoms with Crippen molar-refractivity contribution in [3.05, 3.63) is 0 Å². The number of likely N-dealkylation sites (tertiary alicyclic amines) is 1. The first-order valence-corrected chi connectivity index (χ1v) is 10.7. The van der Waals surface area contributed by atoms with E-state index in [4.69, 9.17) is 14.5 Å². The number of hydrogen-bond donors (Lipinski definition) is 1. The molecule has 1 atom stereocenters. The van der Waals surface area contributed by atoms with Gasteiger partial charge >= 0.3 is 6.09 Å². The van der Waals surface area contributed by atoms with Crippen molar-refractivity contribution >= 4 is 36.0 Å². The molecule has 2 heterocycles. The van der Waals surface area contributed by atoms with Crippen molar-refractivity contribution in [2.45, 2.75) is 52.7 Å². The third-order valence-corrected chi connectivity index (χ3v) is 5.02. The lowest BCUT2D eigenvalue weighted by Gasteiger charge is -2.32. The summed E-state index contributed by atoms with van der Waals surface area (Å²) >= 11 is 0. The summed E-state index contributed by atoms with van der Waals surface area (Å²) in [4.78, 5) is 23.6. The SMILES string of the molecule is CCNC(=NCCN(CC)C(=O)OC(C)(C)C)N1CCC(N2CCOCC2)C1.I. The number of nitrogens with zero attached hydrogens (tertiary/aromatic N) is 4. The average Bonchev–Trinajstić information content (AvgIpc) is 3.13. The van der Waals surface area contributed by atoms with Gasteiger partial charge < -0.3 is 24.6 Å². The molecule has 8 nitrogen and oxygen atoms in total. The number of amides is 1. The molecule has 0 spiro atoms. The lowest BCUT2D eigenvalue weighted by atomic mass is 10.2. The summed E-state index contributed by atoms with van der Waals surface area (Å²) in [5.41, 5.74) is -0.479. The van der Waals surface area contributed by atoms with E-state index in [1.165, 1.54) is 0 Å². The fraction of sp³-hybridized carbons (Fsp3) is 0.900. The molecule has 0 saturated carbocycles. The highest BCUT2D eigenvalue weighted by Crippen LogP contribution is 2.17. The number of ether oxygens (including phenoxy) is 2. The third kappa shape index (κ3) is 8.84. The van der Waals surface area contributed by atoms with Crippen LogP contribution in [0.5, 0.6) is 0 Å². The van der Waals surface area contributed by atoms with Crippen LogP contribution in [-0.2, 0) is 9.47 Å². The number of hydrogen-bond acceptors (Lipinski definition) is 5. The molecular formula is C20H40IN5O3. The highest BCUT2D eigenvalue weighted by molar-refractivity contribution is 14.0. The first-order valence-electron chi connectivity index (χ1n) is 10.7. The minimum atomic E-state index is -0.479. The molecule has 0 radical (unpaired) electrons. The van der Waals surface area contributed by atoms with Crippen LogP contribution >= 0.6 is 24.0 Å². The summed E-state index contributed by atoms with van der Waals surface area (Å²) < 4.78 is 10.9. The normalized spacial score (nSPS) is 20.9. The zero-order valence-corrected chi connectivity index (χ0v) is 21.1. The lowest BCUT2D eigenvalue weighted by Crippen LogP contribution is -2.47. The van der Waals surface area contributed by atoms with Crippen LogP contribution in [0.15, 0.2) is 4.99 Å². The van der Waals surface area contributed by atoms with Gasteiger partial charge in [0.2, 0.25) is 0 Å². The van der Waals surface area contributed by atoms with E-state index >= 15 is 0 Å². The Morgan fingerprint density at radius 2 is 1.93 bits per heavy atom. The lowest BCUT2D eigenvalue weighted by molar-refractivity contribution is 0.0194. The van der Waals surface area contributed by atoms with Crippen molar-refractivity contribution in [1.29, 1.82) is 0 Å². The van der Waals surface area contributed by atoms with Crippen molar-refractivity contribution in [2.75, 3.05) is 65.6 Å². The summed E-state index contributed by atoms with van der Waals surface area (Å²) in [5, 5.41) is 3.41. The van der Waals surface area contributed by atoms with Crippen molar-refractivity contribution in [3.8, 4) is 0 Å². The summed E-state index contributed by atoms with van der Waals surface area (Å²) in [5.74, 6) is 0.943. The topological polar surface area (TPSA) is 69.6 Å². The van der Waals surface area contributed by atoms with Crippen molar-refractivity contribution in [1.82, 2.24) is 20.0 Å². The number of guanidine groups is 1. The van der Waals surface area contributed by atoms with Crippen LogP contribution in [0, 0.1) is 0 Å². The molecule has 0 aromatic carbocycles. The molecule has 1 N–H and O–H groups in total. The first kappa shape index (κ1) is 26.2. The Labute approximate surface area is 193 Å². The Morgan fingerprint density at radius 1 is 1.24 bits per heavy atom. The minimum Gasteiger partial charge on any atom is -0.444 e. The maximum Gasteiger partial charge on any atom is 0.410 e. The van der Waals surface area contributed by atoms with Gasteiger partial charge in [0.05, 0.1) is 19.8 Å². The number of carbonyl (C=O) groups is 1. The van der Waals surface area contributed by atoms with Gasteiger partial charge in [0.25, 0.3) is 0 Å². The maximum absolute atomic E-state index is 12.3. The molecule has 2 rings (SSSR count). The Balaban J connectivity index is 0.00000420. The van der Waals surface area contributed by atoms with Crippen molar-refractivity contribution < 1.29 is 14.3 Å². The predicted molar refractivity (Wildman–Crippen MR) is 127 cm³/mol. The molecule has 0 aromatic heterocycles. The highest BCUT2D eigenvalue weighted by Gasteiger charge is 2.30. The summed E-state index contributed by atoms with van der Waals surface area (Å²) in [7, 11) is 0. The molecule has 2 aliphatic heterocycles. The Morgan fingerprint density at radius 3 is 2.52 bits per heavy atom. The van der Waals surface area contributed by atoms with E-state index in [-0.39, 0.29) is 30.1 Å². The maximum atomic E-state index is 12.3. The summed E-state index contributed by atoms with van der Waals surface area (Å²) in [6.07, 6.45) is 0.882. The van der Waals surface area contributed by atoms with E-state index in [1.807, 2.05) is 27.7 Å². The third-order valence-electron chi connectivity index (χ3n) is 5.02. The van der Waals surface area contributed by atoms with Gasteiger partial charge in [-0.2, -0.15) is 0 Å². The molecule has 2 saturated heterocycles. The van der Waals surface area contributed by atoms with E-state index < -0.39 is 5.60 Å². The van der Waals surface area contributed by atoms with Crippen LogP contribution < -0.4 is 5.32 Å². The number of aliphatic imine (C=N–C) groups is 1. The molecule has 0 aliphatic carbocycles. The molecule has 0 aromatic rings. The van der Waals surface area contributed by atoms with E-state index in [0.717, 1.165) is 58.3 Å². The second-order valence-corrected chi connectivity index (χ2v) is 8.33. The smallest absolute Gasteiger partial charge is 0.410 e. The van der Waals surface area contributed by atoms with Crippen LogP contribution in [0.3, 0.4) is 0 Å². The van der Waals surface area contributed by atoms with Crippen molar-refractivity contribution in [3.63, 3.8) is 0 Å². The van der Waals surface area contributed by atoms with Gasteiger partial charge in [0.15, 0.2) is 5.96 Å². The molecule has 1 amide bonds. The summed E-state index contributed by atoms with van der Waals surface area (Å²) in [6.45, 7) is 18.0. The number of morpholine rings is 1. The zero-order chi connectivity index (χ0) is 20.6. The molecule has 1 unspecified atom stereocenters. The Bertz CT molecular complexity index is 521. The fourth-order valence-electron chi connectivity index (χ4n) is 3.58. The Hall–Kier alpha value is -0.810. The number of halogens is 1. The molecule has 0 bridgehead atoms. The van der Waals surface area contributed by atoms with Gasteiger partial charge in [-0.05, 0) is 41.0 Å². The minimum absolute atomic E-state index is 0. The Kier molecular flexibility index (Phi) is 11.6. The van der Waals surface area contributed by atoms with Gasteiger partial charge in [-0.1, -0.05) is 0 Å². The largest absolute Gasteiger partial charge is 0.444 e. The fourth-order valence-corrected chi connectivity index (χ4v) is 3.58. The van der Waals surface area contributed by atoms with E-state index in [2.05, 4.69) is 22.0 Å². The molecule has 29 heavy (non-hydrogen) atoms. The second-order valence-electron chi connectivity index (χ2n) is 8.33. The van der Waals surface area contributed by atoms with Gasteiger partial charge in [0, 0.05) is 51.9 Å². The van der Waals surface area contributed by atoms with Crippen LogP contribution in [0.25, 0.3) is 0 Å². The molecule has 9 heteroatoms. The average molecular weight is 525 g/mol. The summed E-state index contributed by atoms with van der Waals surface area (Å²) in [6, 6.07) is 0.571. The van der Waals surface area contributed by atoms with Gasteiger partial charge in [0.1, 0.15) is 5.60 Å². The zero-order valence-electron chi connectivity index (χ0n) is 18.8.